The second kappa shape index (κ2) is 11.8. The van der Waals surface area contributed by atoms with Crippen molar-refractivity contribution in [2.45, 2.75) is 11.3 Å². The number of benzene rings is 5. The van der Waals surface area contributed by atoms with Gasteiger partial charge in [-0.1, -0.05) is 109 Å². The summed E-state index contributed by atoms with van der Waals surface area (Å²) >= 11 is 1.40. The van der Waals surface area contributed by atoms with Crippen molar-refractivity contribution >= 4 is 16.8 Å². The summed E-state index contributed by atoms with van der Waals surface area (Å²) in [5.41, 5.74) is 4.52. The maximum Gasteiger partial charge on any atom is 0.299 e. The van der Waals surface area contributed by atoms with Gasteiger partial charge in [0.05, 0.1) is 10.9 Å². The summed E-state index contributed by atoms with van der Waals surface area (Å²) < 4.78 is 32.5. The van der Waals surface area contributed by atoms with E-state index in [1.807, 2.05) is 104 Å². The number of hydrogen-bond donors (Lipinski definition) is 2. The van der Waals surface area contributed by atoms with E-state index in [1.165, 1.54) is 23.9 Å². The minimum atomic E-state index is -3.24. The molecule has 220 valence electrons. The molecule has 6 aromatic rings. The molecule has 1 atom stereocenters. The number of alkyl halides is 2. The Morgan fingerprint density at radius 3 is 1.69 bits per heavy atom. The first-order chi connectivity index (χ1) is 21.9. The van der Waals surface area contributed by atoms with Gasteiger partial charge in [-0.25, -0.2) is 20.4 Å². The molecule has 0 bridgehead atoms. The fourth-order valence-electron chi connectivity index (χ4n) is 5.57. The number of thioether (sulfide) groups is 1. The number of nitrogens with one attached hydrogen (secondary N) is 1. The maximum absolute atomic E-state index is 16.2. The molecule has 0 saturated carbocycles. The number of rotatable bonds is 7. The zero-order valence-electron chi connectivity index (χ0n) is 24.3. The molecular weight excluding hydrogens is 585 g/mol. The first kappa shape index (κ1) is 28.7. The number of fused-ring (bicyclic) bond motifs is 3. The zero-order chi connectivity index (χ0) is 31.0. The molecule has 1 heterocycles. The highest BCUT2D eigenvalue weighted by Gasteiger charge is 2.45. The molecule has 0 amide bonds. The van der Waals surface area contributed by atoms with Crippen molar-refractivity contribution in [3.05, 3.63) is 150 Å². The molecule has 1 aliphatic carbocycles. The predicted molar refractivity (Wildman–Crippen MR) is 176 cm³/mol. The van der Waals surface area contributed by atoms with E-state index in [0.29, 0.717) is 44.8 Å². The third-order valence-corrected chi connectivity index (χ3v) is 9.09. The molecule has 1 aliphatic rings. The van der Waals surface area contributed by atoms with E-state index in [2.05, 4.69) is 5.32 Å². The Morgan fingerprint density at radius 2 is 1.13 bits per heavy atom. The van der Waals surface area contributed by atoms with Gasteiger partial charge in [0.15, 0.2) is 17.5 Å². The van der Waals surface area contributed by atoms with Gasteiger partial charge in [0, 0.05) is 27.8 Å². The van der Waals surface area contributed by atoms with Gasteiger partial charge in [0.25, 0.3) is 5.92 Å². The fourth-order valence-corrected chi connectivity index (χ4v) is 6.50. The van der Waals surface area contributed by atoms with Crippen LogP contribution in [0.1, 0.15) is 27.6 Å². The van der Waals surface area contributed by atoms with Crippen molar-refractivity contribution in [1.29, 1.82) is 0 Å². The summed E-state index contributed by atoms with van der Waals surface area (Å²) in [4.78, 5) is 14.2. The minimum Gasteiger partial charge on any atom is -0.304 e. The largest absolute Gasteiger partial charge is 0.304 e. The lowest BCUT2D eigenvalue weighted by Crippen LogP contribution is -2.39. The molecule has 0 aliphatic heterocycles. The standard InChI is InChI=1S/C37H27F2N5S/c1-41-36(25-15-9-4-10-16-25)45-32(40)26-17-19-28-29-20-18-27(22-31(29)37(38,39)30(28)21-26)35-43-33(23-11-5-2-6-12-23)42-34(44-35)24-13-7-3-8-14-24/h2-22,36,40-41H,1H3/p+1. The number of aromatic nitrogens is 3. The summed E-state index contributed by atoms with van der Waals surface area (Å²) in [6, 6.07) is 39.1. The Hall–Kier alpha value is -5.05. The number of halogens is 2. The Balaban J connectivity index is 1.25. The number of nitrogens with zero attached hydrogens (tertiary/aromatic N) is 3. The molecule has 5 nitrogen and oxygen atoms in total. The van der Waals surface area contributed by atoms with E-state index < -0.39 is 5.92 Å². The molecule has 8 heteroatoms. The third kappa shape index (κ3) is 5.43. The van der Waals surface area contributed by atoms with Crippen molar-refractivity contribution in [2.75, 3.05) is 7.05 Å². The monoisotopic (exact) mass is 612 g/mol. The lowest BCUT2D eigenvalue weighted by Gasteiger charge is -2.16. The quantitative estimate of drug-likeness (QED) is 0.114. The Labute approximate surface area is 264 Å². The van der Waals surface area contributed by atoms with Gasteiger partial charge in [-0.05, 0) is 53.7 Å². The highest BCUT2D eigenvalue weighted by molar-refractivity contribution is 8.14. The Bertz CT molecular complexity index is 1960. The average molecular weight is 613 g/mol. The van der Waals surface area contributed by atoms with E-state index in [-0.39, 0.29) is 16.5 Å². The van der Waals surface area contributed by atoms with Crippen molar-refractivity contribution in [3.8, 4) is 45.3 Å². The SMILES string of the molecule is CNC(SC(=[NH2+])c1ccc2c(c1)C(F)(F)c1cc(-c3nc(-c4ccccc4)nc(-c4ccccc4)n3)ccc1-2)c1ccccc1. The normalized spacial score (nSPS) is 13.6. The van der Waals surface area contributed by atoms with E-state index >= 15 is 8.78 Å². The third-order valence-electron chi connectivity index (χ3n) is 7.86. The van der Waals surface area contributed by atoms with Crippen LogP contribution >= 0.6 is 11.8 Å². The van der Waals surface area contributed by atoms with Crippen LogP contribution in [0.3, 0.4) is 0 Å². The van der Waals surface area contributed by atoms with E-state index in [1.54, 1.807) is 18.2 Å². The molecule has 0 spiro atoms. The molecule has 0 radical (unpaired) electrons. The first-order valence-corrected chi connectivity index (χ1v) is 15.4. The summed E-state index contributed by atoms with van der Waals surface area (Å²) in [7, 11) is 1.85. The van der Waals surface area contributed by atoms with Gasteiger partial charge in [-0.15, -0.1) is 0 Å². The Kier molecular flexibility index (Phi) is 7.53. The van der Waals surface area contributed by atoms with Gasteiger partial charge in [0.1, 0.15) is 0 Å². The highest BCUT2D eigenvalue weighted by atomic mass is 32.2. The molecule has 1 unspecified atom stereocenters. The highest BCUT2D eigenvalue weighted by Crippen LogP contribution is 2.52. The summed E-state index contributed by atoms with van der Waals surface area (Å²) in [6.45, 7) is 0. The van der Waals surface area contributed by atoms with Gasteiger partial charge in [0.2, 0.25) is 5.04 Å². The lowest BCUT2D eigenvalue weighted by atomic mass is 10.0. The summed E-state index contributed by atoms with van der Waals surface area (Å²) in [5.74, 6) is -1.97. The van der Waals surface area contributed by atoms with E-state index in [0.717, 1.165) is 16.7 Å². The molecule has 5 aromatic carbocycles. The minimum absolute atomic E-state index is 0.0676. The van der Waals surface area contributed by atoms with Crippen molar-refractivity contribution in [3.63, 3.8) is 0 Å². The molecule has 45 heavy (non-hydrogen) atoms. The second-order valence-electron chi connectivity index (χ2n) is 10.7. The van der Waals surface area contributed by atoms with Gasteiger partial charge in [-0.3, -0.25) is 0 Å². The van der Waals surface area contributed by atoms with E-state index in [4.69, 9.17) is 20.4 Å². The molecule has 1 aromatic heterocycles. The molecule has 0 saturated heterocycles. The Morgan fingerprint density at radius 1 is 0.644 bits per heavy atom. The van der Waals surface area contributed by atoms with Crippen LogP contribution in [0.5, 0.6) is 0 Å². The number of nitrogens with two attached hydrogens (primary N) is 1. The summed E-state index contributed by atoms with van der Waals surface area (Å²) in [5, 5.41) is 10.1. The average Bonchev–Trinajstić information content (AvgIpc) is 3.33. The van der Waals surface area contributed by atoms with Crippen LogP contribution < -0.4 is 10.7 Å². The van der Waals surface area contributed by atoms with Crippen LogP contribution in [-0.2, 0) is 5.92 Å². The predicted octanol–water partition coefficient (Wildman–Crippen LogP) is 7.15. The van der Waals surface area contributed by atoms with Crippen molar-refractivity contribution in [2.24, 2.45) is 0 Å². The summed E-state index contributed by atoms with van der Waals surface area (Å²) in [6.07, 6.45) is 0. The van der Waals surface area contributed by atoms with Crippen LogP contribution in [0.4, 0.5) is 8.78 Å². The van der Waals surface area contributed by atoms with Crippen molar-refractivity contribution < 1.29 is 14.2 Å². The first-order valence-electron chi connectivity index (χ1n) is 14.5. The molecule has 0 fully saturated rings. The van der Waals surface area contributed by atoms with Gasteiger partial charge in [-0.2, -0.15) is 8.78 Å². The lowest BCUT2D eigenvalue weighted by molar-refractivity contribution is -0.107. The fraction of sp³-hybridized carbons (Fsp3) is 0.0811. The van der Waals surface area contributed by atoms with Crippen LogP contribution in [0.25, 0.3) is 45.3 Å². The number of hydrogen-bond acceptors (Lipinski definition) is 5. The topological polar surface area (TPSA) is 76.3 Å². The van der Waals surface area contributed by atoms with Gasteiger partial charge < -0.3 is 5.32 Å². The van der Waals surface area contributed by atoms with Gasteiger partial charge >= 0.3 is 0 Å². The molecule has 3 N–H and O–H groups in total. The molecular formula is C37H28F2N5S+. The zero-order valence-corrected chi connectivity index (χ0v) is 25.1. The molecule has 7 rings (SSSR count). The second-order valence-corrected chi connectivity index (χ2v) is 11.8. The van der Waals surface area contributed by atoms with Crippen LogP contribution in [-0.4, -0.2) is 27.0 Å². The van der Waals surface area contributed by atoms with Crippen LogP contribution in [0.15, 0.2) is 127 Å². The van der Waals surface area contributed by atoms with Crippen molar-refractivity contribution in [1.82, 2.24) is 20.3 Å². The maximum atomic E-state index is 16.2. The van der Waals surface area contributed by atoms with E-state index in [9.17, 15) is 0 Å². The van der Waals surface area contributed by atoms with Crippen LogP contribution in [0.2, 0.25) is 0 Å². The smallest absolute Gasteiger partial charge is 0.299 e. The van der Waals surface area contributed by atoms with Crippen LogP contribution in [0, 0.1) is 0 Å².